The van der Waals surface area contributed by atoms with Gasteiger partial charge >= 0.3 is 5.97 Å². The fourth-order valence-electron chi connectivity index (χ4n) is 10.7. The monoisotopic (exact) mass is 488 g/mol. The van der Waals surface area contributed by atoms with Gasteiger partial charge in [0, 0.05) is 5.92 Å². The van der Waals surface area contributed by atoms with E-state index in [1.54, 1.807) is 0 Å². The zero-order chi connectivity index (χ0) is 26.0. The molecule has 4 saturated carbocycles. The third-order valence-corrected chi connectivity index (χ3v) is 13.2. The highest BCUT2D eigenvalue weighted by molar-refractivity contribution is 5.77. The van der Waals surface area contributed by atoms with E-state index in [9.17, 15) is 25.2 Å². The van der Waals surface area contributed by atoms with Crippen molar-refractivity contribution in [3.63, 3.8) is 0 Å². The first kappa shape index (κ1) is 25.7. The van der Waals surface area contributed by atoms with E-state index in [2.05, 4.69) is 54.5 Å². The van der Waals surface area contributed by atoms with Crippen LogP contribution in [0.4, 0.5) is 0 Å². The van der Waals surface area contributed by atoms with Gasteiger partial charge in [-0.15, -0.1) is 0 Å². The lowest BCUT2D eigenvalue weighted by molar-refractivity contribution is -0.234. The lowest BCUT2D eigenvalue weighted by atomic mass is 9.33. The summed E-state index contributed by atoms with van der Waals surface area (Å²) >= 11 is 0. The molecule has 0 radical (unpaired) electrons. The van der Waals surface area contributed by atoms with E-state index in [0.717, 1.165) is 32.1 Å². The number of aliphatic hydroxyl groups is 3. The number of hydrogen-bond donors (Lipinski definition) is 4. The topological polar surface area (TPSA) is 98.0 Å². The summed E-state index contributed by atoms with van der Waals surface area (Å²) in [4.78, 5) is 12.8. The maximum Gasteiger partial charge on any atom is 0.310 e. The quantitative estimate of drug-likeness (QED) is 0.382. The molecule has 0 unspecified atom stereocenters. The van der Waals surface area contributed by atoms with Crippen LogP contribution in [0.25, 0.3) is 0 Å². The number of hydrogen-bond acceptors (Lipinski definition) is 4. The van der Waals surface area contributed by atoms with Crippen LogP contribution in [0.5, 0.6) is 0 Å². The minimum absolute atomic E-state index is 0.0492. The Morgan fingerprint density at radius 3 is 2.11 bits per heavy atom. The summed E-state index contributed by atoms with van der Waals surface area (Å²) in [5, 5.41) is 44.1. The highest BCUT2D eigenvalue weighted by Crippen LogP contribution is 2.75. The van der Waals surface area contributed by atoms with Crippen LogP contribution in [0.15, 0.2) is 11.6 Å². The number of allylic oxidation sites excluding steroid dienone is 1. The Hall–Kier alpha value is -0.910. The minimum atomic E-state index is -0.877. The lowest BCUT2D eigenvalue weighted by Crippen LogP contribution is -2.68. The van der Waals surface area contributed by atoms with Crippen LogP contribution < -0.4 is 0 Å². The van der Waals surface area contributed by atoms with E-state index in [0.29, 0.717) is 31.1 Å². The Bertz CT molecular complexity index is 952. The number of aliphatic carboxylic acids is 1. The Balaban J connectivity index is 1.63. The lowest BCUT2D eigenvalue weighted by Gasteiger charge is -2.71. The van der Waals surface area contributed by atoms with Gasteiger partial charge in [0.05, 0.1) is 23.7 Å². The Morgan fingerprint density at radius 1 is 0.857 bits per heavy atom. The highest BCUT2D eigenvalue weighted by Gasteiger charge is 2.71. The second kappa shape index (κ2) is 7.35. The summed E-state index contributed by atoms with van der Waals surface area (Å²) in [6.07, 6.45) is 6.54. The van der Waals surface area contributed by atoms with Crippen LogP contribution in [-0.4, -0.2) is 44.7 Å². The van der Waals surface area contributed by atoms with E-state index in [-0.39, 0.29) is 33.0 Å². The molecule has 4 fully saturated rings. The molecule has 0 spiro atoms. The molecular formula is C30H48O5. The second-order valence-electron chi connectivity index (χ2n) is 15.2. The molecule has 0 aromatic carbocycles. The van der Waals surface area contributed by atoms with Crippen LogP contribution >= 0.6 is 0 Å². The van der Waals surface area contributed by atoms with Crippen molar-refractivity contribution in [1.82, 2.24) is 0 Å². The molecule has 5 nitrogen and oxygen atoms in total. The molecule has 5 heteroatoms. The number of aliphatic hydroxyl groups excluding tert-OH is 3. The normalized spacial score (nSPS) is 54.4. The van der Waals surface area contributed by atoms with Crippen molar-refractivity contribution in [2.75, 3.05) is 0 Å². The van der Waals surface area contributed by atoms with E-state index in [1.165, 1.54) is 5.57 Å². The van der Waals surface area contributed by atoms with Crippen molar-refractivity contribution in [3.05, 3.63) is 11.6 Å². The van der Waals surface area contributed by atoms with Gasteiger partial charge < -0.3 is 20.4 Å². The molecular weight excluding hydrogens is 440 g/mol. The summed E-state index contributed by atoms with van der Waals surface area (Å²) in [7, 11) is 0. The van der Waals surface area contributed by atoms with Gasteiger partial charge in [-0.2, -0.15) is 0 Å². The summed E-state index contributed by atoms with van der Waals surface area (Å²) < 4.78 is 0. The van der Waals surface area contributed by atoms with Gasteiger partial charge in [0.2, 0.25) is 0 Å². The Kier molecular flexibility index (Phi) is 5.40. The molecule has 5 rings (SSSR count). The van der Waals surface area contributed by atoms with Gasteiger partial charge in [-0.3, -0.25) is 4.79 Å². The zero-order valence-corrected chi connectivity index (χ0v) is 22.9. The maximum absolute atomic E-state index is 12.8. The van der Waals surface area contributed by atoms with Crippen molar-refractivity contribution < 1.29 is 25.2 Å². The van der Waals surface area contributed by atoms with Gasteiger partial charge in [-0.25, -0.2) is 0 Å². The molecule has 0 aromatic heterocycles. The molecule has 0 aromatic rings. The molecule has 0 amide bonds. The maximum atomic E-state index is 12.8. The molecule has 0 heterocycles. The predicted octanol–water partition coefficient (Wildman–Crippen LogP) is 5.18. The third kappa shape index (κ3) is 2.95. The molecule has 4 N–H and O–H groups in total. The molecule has 5 aliphatic carbocycles. The highest BCUT2D eigenvalue weighted by atomic mass is 16.4. The third-order valence-electron chi connectivity index (χ3n) is 13.2. The number of carbonyl (C=O) groups is 1. The Morgan fingerprint density at radius 2 is 1.49 bits per heavy atom. The molecule has 5 aliphatic rings. The average molecular weight is 489 g/mol. The summed E-state index contributed by atoms with van der Waals surface area (Å²) in [5.74, 6) is -0.420. The molecule has 198 valence electrons. The first-order chi connectivity index (χ1) is 16.0. The van der Waals surface area contributed by atoms with Crippen LogP contribution in [0.1, 0.15) is 99.8 Å². The van der Waals surface area contributed by atoms with Crippen LogP contribution in [0, 0.1) is 50.2 Å². The zero-order valence-electron chi connectivity index (χ0n) is 22.9. The van der Waals surface area contributed by atoms with Crippen molar-refractivity contribution >= 4 is 5.97 Å². The first-order valence-corrected chi connectivity index (χ1v) is 14.0. The van der Waals surface area contributed by atoms with Crippen LogP contribution in [0.2, 0.25) is 0 Å². The fourth-order valence-corrected chi connectivity index (χ4v) is 10.7. The van der Waals surface area contributed by atoms with E-state index in [1.807, 2.05) is 0 Å². The van der Waals surface area contributed by atoms with Gasteiger partial charge in [-0.05, 0) is 90.3 Å². The molecule has 0 aliphatic heterocycles. The van der Waals surface area contributed by atoms with Crippen molar-refractivity contribution in [2.24, 2.45) is 50.2 Å². The van der Waals surface area contributed by atoms with Gasteiger partial charge in [0.25, 0.3) is 0 Å². The van der Waals surface area contributed by atoms with E-state index < -0.39 is 29.7 Å². The number of fused-ring (bicyclic) bond motifs is 7. The molecule has 0 bridgehead atoms. The largest absolute Gasteiger partial charge is 0.481 e. The van der Waals surface area contributed by atoms with Gasteiger partial charge in [0.15, 0.2) is 0 Å². The standard InChI is InChI=1S/C30H48O5/c1-25(2)12-14-30(24(34)35)15-13-28(6)17(21(30)23(25)33)8-9-20-27(5)16-18(31)22(32)26(3,4)19(27)10-11-29(20,28)7/h8,18-23,31-33H,9-16H2,1-7H3,(H,34,35)/t18-,19-,20-,21+,22-,23+,27+,28+,29-,30+/m1/s1. The first-order valence-electron chi connectivity index (χ1n) is 14.0. The van der Waals surface area contributed by atoms with Crippen LogP contribution in [0.3, 0.4) is 0 Å². The number of carboxylic acid groups (broad SMARTS) is 1. The van der Waals surface area contributed by atoms with Crippen molar-refractivity contribution in [3.8, 4) is 0 Å². The van der Waals surface area contributed by atoms with Crippen molar-refractivity contribution in [2.45, 2.75) is 118 Å². The summed E-state index contributed by atoms with van der Waals surface area (Å²) in [6, 6.07) is 0. The van der Waals surface area contributed by atoms with Crippen LogP contribution in [-0.2, 0) is 4.79 Å². The van der Waals surface area contributed by atoms with E-state index >= 15 is 0 Å². The smallest absolute Gasteiger partial charge is 0.310 e. The molecule has 10 atom stereocenters. The van der Waals surface area contributed by atoms with Crippen molar-refractivity contribution in [1.29, 1.82) is 0 Å². The minimum Gasteiger partial charge on any atom is -0.481 e. The average Bonchev–Trinajstić information content (AvgIpc) is 2.75. The second-order valence-corrected chi connectivity index (χ2v) is 15.2. The molecule has 35 heavy (non-hydrogen) atoms. The molecule has 0 saturated heterocycles. The summed E-state index contributed by atoms with van der Waals surface area (Å²) in [6.45, 7) is 15.6. The summed E-state index contributed by atoms with van der Waals surface area (Å²) in [5.41, 5.74) is -0.684. The van der Waals surface area contributed by atoms with Gasteiger partial charge in [0.1, 0.15) is 0 Å². The van der Waals surface area contributed by atoms with E-state index in [4.69, 9.17) is 0 Å². The number of carboxylic acids is 1. The number of rotatable bonds is 1. The predicted molar refractivity (Wildman–Crippen MR) is 135 cm³/mol. The van der Waals surface area contributed by atoms with Gasteiger partial charge in [-0.1, -0.05) is 60.1 Å². The SMILES string of the molecule is CC1(C)CC[C@]2(C(=O)O)CC[C@@]3(C)C(=CC[C@@H]4[C@@]5(C)C[C@@H](O)[C@@H](O)C(C)(C)[C@H]5CC[C@]43C)[C@H]2[C@@H]1O. The Labute approximate surface area is 211 Å². The fraction of sp³-hybridized carbons (Fsp3) is 0.900.